The number of hydrogen-bond donors (Lipinski definition) is 3. The standard InChI is InChI=1S/C22H37ClN4O2/c1-3-6-18(9-12-28)16-25-22(24-4-2)26-17-21(27-10-13-29-14-11-27)19-7-5-8-20(23)15-19/h5,7-8,15,18,21,28H,3-4,6,9-14,16-17H2,1-2H3,(H2,24,25,26). The molecule has 0 saturated carbocycles. The zero-order chi connectivity index (χ0) is 20.9. The average Bonchev–Trinajstić information content (AvgIpc) is 2.73. The van der Waals surface area contributed by atoms with E-state index in [-0.39, 0.29) is 12.6 Å². The summed E-state index contributed by atoms with van der Waals surface area (Å²) in [5.74, 6) is 1.25. The van der Waals surface area contributed by atoms with Gasteiger partial charge in [-0.15, -0.1) is 0 Å². The molecule has 6 nitrogen and oxygen atoms in total. The van der Waals surface area contributed by atoms with E-state index in [1.54, 1.807) is 0 Å². The minimum atomic E-state index is 0.199. The highest BCUT2D eigenvalue weighted by Gasteiger charge is 2.23. The minimum Gasteiger partial charge on any atom is -0.396 e. The lowest BCUT2D eigenvalue weighted by Gasteiger charge is -2.35. The van der Waals surface area contributed by atoms with E-state index in [1.807, 2.05) is 18.2 Å². The lowest BCUT2D eigenvalue weighted by molar-refractivity contribution is 0.0170. The number of nitrogens with zero attached hydrogens (tertiary/aromatic N) is 2. The van der Waals surface area contributed by atoms with Gasteiger partial charge in [-0.3, -0.25) is 9.89 Å². The molecular formula is C22H37ClN4O2. The van der Waals surface area contributed by atoms with Crippen molar-refractivity contribution in [2.24, 2.45) is 10.9 Å². The van der Waals surface area contributed by atoms with Crippen LogP contribution in [0.25, 0.3) is 0 Å². The summed E-state index contributed by atoms with van der Waals surface area (Å²) in [7, 11) is 0. The van der Waals surface area contributed by atoms with Crippen molar-refractivity contribution in [3.63, 3.8) is 0 Å². The molecule has 1 aromatic carbocycles. The number of aliphatic imine (C=N–C) groups is 1. The Morgan fingerprint density at radius 3 is 2.69 bits per heavy atom. The SMILES string of the molecule is CCCC(CCO)CN=C(NCC)NCC(c1cccc(Cl)c1)N1CCOCC1. The van der Waals surface area contributed by atoms with Crippen LogP contribution < -0.4 is 10.6 Å². The van der Waals surface area contributed by atoms with Gasteiger partial charge >= 0.3 is 0 Å². The number of aliphatic hydroxyl groups excluding tert-OH is 1. The Morgan fingerprint density at radius 2 is 2.03 bits per heavy atom. The molecular weight excluding hydrogens is 388 g/mol. The zero-order valence-electron chi connectivity index (χ0n) is 17.9. The van der Waals surface area contributed by atoms with Crippen LogP contribution in [0.15, 0.2) is 29.3 Å². The number of halogens is 1. The van der Waals surface area contributed by atoms with Gasteiger partial charge in [0.15, 0.2) is 5.96 Å². The van der Waals surface area contributed by atoms with Crippen LogP contribution in [0.5, 0.6) is 0 Å². The van der Waals surface area contributed by atoms with Crippen LogP contribution in [-0.2, 0) is 4.74 Å². The first kappa shape index (κ1) is 23.9. The molecule has 0 bridgehead atoms. The van der Waals surface area contributed by atoms with Crippen LogP contribution in [0, 0.1) is 5.92 Å². The third-order valence-electron chi connectivity index (χ3n) is 5.27. The van der Waals surface area contributed by atoms with E-state index in [4.69, 9.17) is 21.3 Å². The summed E-state index contributed by atoms with van der Waals surface area (Å²) in [5.41, 5.74) is 1.20. The normalized spacial score (nSPS) is 17.7. The van der Waals surface area contributed by atoms with Crippen LogP contribution in [0.2, 0.25) is 5.02 Å². The highest BCUT2D eigenvalue weighted by atomic mass is 35.5. The second kappa shape index (κ2) is 13.8. The molecule has 2 atom stereocenters. The number of aliphatic hydroxyl groups is 1. The molecule has 1 aliphatic rings. The molecule has 164 valence electrons. The first-order chi connectivity index (χ1) is 14.2. The number of nitrogens with one attached hydrogen (secondary N) is 2. The van der Waals surface area contributed by atoms with Crippen LogP contribution >= 0.6 is 11.6 Å². The summed E-state index contributed by atoms with van der Waals surface area (Å²) in [5, 5.41) is 16.9. The number of rotatable bonds is 11. The molecule has 29 heavy (non-hydrogen) atoms. The first-order valence-corrected chi connectivity index (χ1v) is 11.3. The van der Waals surface area contributed by atoms with Gasteiger partial charge in [-0.05, 0) is 43.4 Å². The Morgan fingerprint density at radius 1 is 1.24 bits per heavy atom. The van der Waals surface area contributed by atoms with Crippen LogP contribution in [0.1, 0.15) is 44.7 Å². The molecule has 0 aromatic heterocycles. The van der Waals surface area contributed by atoms with E-state index in [0.29, 0.717) is 5.92 Å². The van der Waals surface area contributed by atoms with Crippen molar-refractivity contribution in [3.8, 4) is 0 Å². The monoisotopic (exact) mass is 424 g/mol. The van der Waals surface area contributed by atoms with Gasteiger partial charge in [0.05, 0.1) is 19.3 Å². The van der Waals surface area contributed by atoms with Gasteiger partial charge in [0.25, 0.3) is 0 Å². The third kappa shape index (κ3) is 8.51. The van der Waals surface area contributed by atoms with Crippen molar-refractivity contribution in [1.29, 1.82) is 0 Å². The van der Waals surface area contributed by atoms with Crippen molar-refractivity contribution in [2.45, 2.75) is 39.2 Å². The van der Waals surface area contributed by atoms with Gasteiger partial charge < -0.3 is 20.5 Å². The number of ether oxygens (including phenoxy) is 1. The van der Waals surface area contributed by atoms with Gasteiger partial charge in [0.2, 0.25) is 0 Å². The van der Waals surface area contributed by atoms with Crippen molar-refractivity contribution >= 4 is 17.6 Å². The Balaban J connectivity index is 2.07. The van der Waals surface area contributed by atoms with E-state index < -0.39 is 0 Å². The number of hydrogen-bond acceptors (Lipinski definition) is 4. The summed E-state index contributed by atoms with van der Waals surface area (Å²) < 4.78 is 5.54. The Labute approximate surface area is 180 Å². The number of benzene rings is 1. The average molecular weight is 425 g/mol. The maximum Gasteiger partial charge on any atom is 0.191 e. The van der Waals surface area contributed by atoms with E-state index >= 15 is 0 Å². The van der Waals surface area contributed by atoms with Crippen LogP contribution in [-0.4, -0.2) is 68.5 Å². The Hall–Kier alpha value is -1.34. The largest absolute Gasteiger partial charge is 0.396 e. The lowest BCUT2D eigenvalue weighted by Crippen LogP contribution is -2.46. The van der Waals surface area contributed by atoms with E-state index in [0.717, 1.165) is 76.2 Å². The quantitative estimate of drug-likeness (QED) is 0.376. The minimum absolute atomic E-state index is 0.199. The molecule has 1 heterocycles. The van der Waals surface area contributed by atoms with E-state index in [9.17, 15) is 5.11 Å². The Bertz CT molecular complexity index is 602. The molecule has 0 spiro atoms. The van der Waals surface area contributed by atoms with E-state index in [2.05, 4.69) is 35.4 Å². The first-order valence-electron chi connectivity index (χ1n) is 10.9. The molecule has 1 aromatic rings. The fourth-order valence-electron chi connectivity index (χ4n) is 3.73. The molecule has 1 fully saturated rings. The van der Waals surface area contributed by atoms with Crippen molar-refractivity contribution in [1.82, 2.24) is 15.5 Å². The summed E-state index contributed by atoms with van der Waals surface area (Å²) in [6, 6.07) is 8.30. The van der Waals surface area contributed by atoms with Gasteiger partial charge in [0.1, 0.15) is 0 Å². The lowest BCUT2D eigenvalue weighted by atomic mass is 10.0. The van der Waals surface area contributed by atoms with Gasteiger partial charge in [-0.2, -0.15) is 0 Å². The summed E-state index contributed by atoms with van der Waals surface area (Å²) in [4.78, 5) is 7.24. The van der Waals surface area contributed by atoms with Gasteiger partial charge in [-0.25, -0.2) is 0 Å². The van der Waals surface area contributed by atoms with Crippen LogP contribution in [0.3, 0.4) is 0 Å². The summed E-state index contributed by atoms with van der Waals surface area (Å²) in [6.45, 7) is 10.1. The van der Waals surface area contributed by atoms with E-state index in [1.165, 1.54) is 5.56 Å². The smallest absolute Gasteiger partial charge is 0.191 e. The topological polar surface area (TPSA) is 69.1 Å². The van der Waals surface area contributed by atoms with Crippen molar-refractivity contribution in [2.75, 3.05) is 52.5 Å². The second-order valence-corrected chi connectivity index (χ2v) is 7.92. The maximum atomic E-state index is 9.29. The second-order valence-electron chi connectivity index (χ2n) is 7.49. The number of morpholine rings is 1. The number of guanidine groups is 1. The molecule has 7 heteroatoms. The summed E-state index contributed by atoms with van der Waals surface area (Å²) in [6.07, 6.45) is 3.00. The fraction of sp³-hybridized carbons (Fsp3) is 0.682. The molecule has 2 unspecified atom stereocenters. The Kier molecular flexibility index (Phi) is 11.4. The highest BCUT2D eigenvalue weighted by molar-refractivity contribution is 6.30. The van der Waals surface area contributed by atoms with Crippen molar-refractivity contribution < 1.29 is 9.84 Å². The van der Waals surface area contributed by atoms with Gasteiger partial charge in [0, 0.05) is 44.4 Å². The molecule has 3 N–H and O–H groups in total. The highest BCUT2D eigenvalue weighted by Crippen LogP contribution is 2.24. The predicted molar refractivity (Wildman–Crippen MR) is 121 cm³/mol. The molecule has 1 saturated heterocycles. The maximum absolute atomic E-state index is 9.29. The molecule has 2 rings (SSSR count). The molecule has 0 amide bonds. The van der Waals surface area contributed by atoms with Crippen molar-refractivity contribution in [3.05, 3.63) is 34.9 Å². The van der Waals surface area contributed by atoms with Gasteiger partial charge in [-0.1, -0.05) is 37.1 Å². The summed E-state index contributed by atoms with van der Waals surface area (Å²) >= 11 is 6.26. The fourth-order valence-corrected chi connectivity index (χ4v) is 3.93. The van der Waals surface area contributed by atoms with Crippen LogP contribution in [0.4, 0.5) is 0 Å². The molecule has 1 aliphatic heterocycles. The zero-order valence-corrected chi connectivity index (χ0v) is 18.6. The molecule has 0 radical (unpaired) electrons. The molecule has 0 aliphatic carbocycles. The predicted octanol–water partition coefficient (Wildman–Crippen LogP) is 3.07. The third-order valence-corrected chi connectivity index (χ3v) is 5.50.